The Morgan fingerprint density at radius 3 is 2.57 bits per heavy atom. The smallest absolute Gasteiger partial charge is 0.298 e. The van der Waals surface area contributed by atoms with Crippen molar-refractivity contribution in [3.05, 3.63) is 0 Å². The first kappa shape index (κ1) is 22.2. The molecule has 4 N–H and O–H groups in total. The van der Waals surface area contributed by atoms with E-state index in [1.807, 2.05) is 11.6 Å². The molecule has 2 rings (SSSR count). The predicted molar refractivity (Wildman–Crippen MR) is 116 cm³/mol. The molecule has 1 atom stereocenters. The van der Waals surface area contributed by atoms with Crippen LogP contribution in [0.4, 0.5) is 11.8 Å². The lowest BCUT2D eigenvalue weighted by atomic mass is 9.96. The van der Waals surface area contributed by atoms with Crippen molar-refractivity contribution in [2.24, 2.45) is 5.92 Å². The van der Waals surface area contributed by atoms with Gasteiger partial charge in [0.05, 0.1) is 7.11 Å². The largest absolute Gasteiger partial charge is 0.468 e. The van der Waals surface area contributed by atoms with Crippen molar-refractivity contribution in [3.8, 4) is 6.01 Å². The zero-order valence-corrected chi connectivity index (χ0v) is 17.9. The van der Waals surface area contributed by atoms with E-state index in [0.717, 1.165) is 50.5 Å². The minimum atomic E-state index is 0.388. The van der Waals surface area contributed by atoms with E-state index in [1.165, 1.54) is 25.7 Å². The molecular weight excluding hydrogens is 354 g/mol. The molecule has 1 unspecified atom stereocenters. The number of ether oxygens (including phenoxy) is 1. The van der Waals surface area contributed by atoms with Gasteiger partial charge in [0.25, 0.3) is 6.01 Å². The number of unbranched alkanes of at least 4 members (excludes halogenated alkanes) is 2. The third kappa shape index (κ3) is 5.95. The molecule has 0 amide bonds. The highest BCUT2D eigenvalue weighted by atomic mass is 16.5. The van der Waals surface area contributed by atoms with E-state index in [4.69, 9.17) is 10.5 Å². The molecule has 28 heavy (non-hydrogen) atoms. The molecule has 0 aliphatic rings. The summed E-state index contributed by atoms with van der Waals surface area (Å²) < 4.78 is 7.50. The zero-order valence-electron chi connectivity index (χ0n) is 17.9. The van der Waals surface area contributed by atoms with Crippen molar-refractivity contribution in [1.82, 2.24) is 24.8 Å². The number of anilines is 2. The maximum atomic E-state index is 6.13. The fourth-order valence-corrected chi connectivity index (χ4v) is 3.42. The number of nitrogens with two attached hydrogens (primary N) is 1. The van der Waals surface area contributed by atoms with Crippen LogP contribution in [0.15, 0.2) is 0 Å². The molecule has 8 nitrogen and oxygen atoms in total. The van der Waals surface area contributed by atoms with Crippen molar-refractivity contribution in [3.63, 3.8) is 0 Å². The van der Waals surface area contributed by atoms with E-state index in [0.29, 0.717) is 23.3 Å². The summed E-state index contributed by atoms with van der Waals surface area (Å²) in [7, 11) is 3.65. The molecule has 0 bridgehead atoms. The normalized spacial score (nSPS) is 12.4. The number of hydrogen-bond acceptors (Lipinski definition) is 7. The van der Waals surface area contributed by atoms with Crippen LogP contribution in [0.2, 0.25) is 0 Å². The van der Waals surface area contributed by atoms with Gasteiger partial charge in [0.1, 0.15) is 0 Å². The number of fused-ring (bicyclic) bond motifs is 1. The maximum absolute atomic E-state index is 6.13. The van der Waals surface area contributed by atoms with Crippen LogP contribution in [-0.4, -0.2) is 46.8 Å². The molecule has 0 saturated heterocycles. The average molecular weight is 392 g/mol. The Balaban J connectivity index is 2.07. The van der Waals surface area contributed by atoms with Gasteiger partial charge >= 0.3 is 0 Å². The molecule has 0 saturated carbocycles. The molecule has 0 spiro atoms. The van der Waals surface area contributed by atoms with Crippen LogP contribution in [-0.2, 0) is 6.54 Å². The highest BCUT2D eigenvalue weighted by Gasteiger charge is 2.17. The summed E-state index contributed by atoms with van der Waals surface area (Å²) >= 11 is 0. The number of nitrogens with zero attached hydrogens (tertiary/aromatic N) is 4. The van der Waals surface area contributed by atoms with E-state index in [-0.39, 0.29) is 0 Å². The molecule has 158 valence electrons. The van der Waals surface area contributed by atoms with Crippen LogP contribution in [0.3, 0.4) is 0 Å². The molecule has 2 aromatic heterocycles. The second kappa shape index (κ2) is 11.7. The van der Waals surface area contributed by atoms with Crippen LogP contribution in [0, 0.1) is 5.92 Å². The Morgan fingerprint density at radius 1 is 1.07 bits per heavy atom. The van der Waals surface area contributed by atoms with Gasteiger partial charge in [-0.2, -0.15) is 15.0 Å². The lowest BCUT2D eigenvalue weighted by Crippen LogP contribution is -2.13. The van der Waals surface area contributed by atoms with E-state index in [2.05, 4.69) is 39.4 Å². The maximum Gasteiger partial charge on any atom is 0.298 e. The average Bonchev–Trinajstić information content (AvgIpc) is 3.06. The number of hydrogen-bond donors (Lipinski definition) is 3. The van der Waals surface area contributed by atoms with Crippen LogP contribution in [0.5, 0.6) is 6.01 Å². The number of rotatable bonds is 14. The first-order valence-corrected chi connectivity index (χ1v) is 10.6. The summed E-state index contributed by atoms with van der Waals surface area (Å²) in [5.41, 5.74) is 7.48. The van der Waals surface area contributed by atoms with Gasteiger partial charge in [0.2, 0.25) is 5.95 Å². The third-order valence-electron chi connectivity index (χ3n) is 5.21. The van der Waals surface area contributed by atoms with Crippen molar-refractivity contribution >= 4 is 22.9 Å². The summed E-state index contributed by atoms with van der Waals surface area (Å²) in [6, 6.07) is 0.545. The van der Waals surface area contributed by atoms with Gasteiger partial charge in [0, 0.05) is 13.1 Å². The van der Waals surface area contributed by atoms with Crippen molar-refractivity contribution in [2.75, 3.05) is 38.3 Å². The molecule has 2 heterocycles. The molecule has 0 aromatic carbocycles. The Bertz CT molecular complexity index is 716. The number of aromatic nitrogens is 4. The second-order valence-corrected chi connectivity index (χ2v) is 7.30. The fourth-order valence-electron chi connectivity index (χ4n) is 3.42. The van der Waals surface area contributed by atoms with Gasteiger partial charge in [-0.1, -0.05) is 39.5 Å². The number of nitrogens with one attached hydrogen (secondary N) is 2. The van der Waals surface area contributed by atoms with Gasteiger partial charge in [-0.3, -0.25) is 4.57 Å². The lowest BCUT2D eigenvalue weighted by Gasteiger charge is -2.14. The Hall–Kier alpha value is -2.09. The van der Waals surface area contributed by atoms with E-state index < -0.39 is 0 Å². The fraction of sp³-hybridized carbons (Fsp3) is 0.750. The minimum Gasteiger partial charge on any atom is -0.468 e. The van der Waals surface area contributed by atoms with E-state index in [9.17, 15) is 0 Å². The number of nitrogen functional groups attached to an aromatic ring is 1. The molecule has 0 aliphatic carbocycles. The van der Waals surface area contributed by atoms with E-state index >= 15 is 0 Å². The summed E-state index contributed by atoms with van der Waals surface area (Å²) in [5.74, 6) is 1.72. The summed E-state index contributed by atoms with van der Waals surface area (Å²) in [6.07, 6.45) is 8.12. The molecule has 2 aromatic rings. The Kier molecular flexibility index (Phi) is 9.27. The Morgan fingerprint density at radius 2 is 1.89 bits per heavy atom. The van der Waals surface area contributed by atoms with Crippen molar-refractivity contribution in [1.29, 1.82) is 0 Å². The van der Waals surface area contributed by atoms with Gasteiger partial charge in [0.15, 0.2) is 17.0 Å². The molecular formula is C20H37N7O. The first-order chi connectivity index (χ1) is 13.6. The summed E-state index contributed by atoms with van der Waals surface area (Å²) in [4.78, 5) is 13.5. The van der Waals surface area contributed by atoms with Crippen molar-refractivity contribution < 1.29 is 4.74 Å². The Labute approximate surface area is 168 Å². The van der Waals surface area contributed by atoms with Crippen LogP contribution in [0.25, 0.3) is 11.2 Å². The number of aryl methyl sites for hydroxylation is 1. The second-order valence-electron chi connectivity index (χ2n) is 7.30. The molecule has 0 fully saturated rings. The van der Waals surface area contributed by atoms with Gasteiger partial charge in [-0.05, 0) is 38.8 Å². The van der Waals surface area contributed by atoms with Crippen molar-refractivity contribution in [2.45, 2.75) is 65.3 Å². The zero-order chi connectivity index (χ0) is 20.4. The van der Waals surface area contributed by atoms with Gasteiger partial charge in [-0.25, -0.2) is 0 Å². The number of imidazole rings is 1. The molecule has 8 heteroatoms. The predicted octanol–water partition coefficient (Wildman–Crippen LogP) is 3.44. The highest BCUT2D eigenvalue weighted by Crippen LogP contribution is 2.26. The highest BCUT2D eigenvalue weighted by molar-refractivity contribution is 5.84. The van der Waals surface area contributed by atoms with Crippen LogP contribution in [0.1, 0.15) is 58.8 Å². The number of methoxy groups -OCH3 is 1. The molecule has 0 aliphatic heterocycles. The lowest BCUT2D eigenvalue weighted by molar-refractivity contribution is 0.351. The molecule has 0 radical (unpaired) electrons. The summed E-state index contributed by atoms with van der Waals surface area (Å²) in [5, 5.41) is 6.50. The van der Waals surface area contributed by atoms with Gasteiger partial charge in [-0.15, -0.1) is 0 Å². The quantitative estimate of drug-likeness (QED) is 0.424. The van der Waals surface area contributed by atoms with Crippen LogP contribution >= 0.6 is 0 Å². The standard InChI is InChI=1S/C20H37N7O/c1-5-7-12-23-19-25-17(21)16-18(26-19)27(20(24-16)28-4)14-9-8-10-15(6-2)11-13-22-3/h15,22H,5-14H2,1-4H3,(H3,21,23,25,26). The third-order valence-corrected chi connectivity index (χ3v) is 5.21. The van der Waals surface area contributed by atoms with E-state index in [1.54, 1.807) is 7.11 Å². The minimum absolute atomic E-state index is 0.388. The first-order valence-electron chi connectivity index (χ1n) is 10.6. The SMILES string of the molecule is CCCCNc1nc(N)c2nc(OC)n(CCCCC(CC)CCNC)c2n1. The summed E-state index contributed by atoms with van der Waals surface area (Å²) in [6.45, 7) is 7.16. The van der Waals surface area contributed by atoms with Gasteiger partial charge < -0.3 is 21.1 Å². The monoisotopic (exact) mass is 391 g/mol. The topological polar surface area (TPSA) is 103 Å². The van der Waals surface area contributed by atoms with Crippen LogP contribution < -0.4 is 21.1 Å².